The van der Waals surface area contributed by atoms with Gasteiger partial charge in [0, 0.05) is 13.5 Å². The SMILES string of the molecule is CC(=O)[15NH]CCCCC(C(N)=O)N(C)C. The van der Waals surface area contributed by atoms with Crippen molar-refractivity contribution in [1.82, 2.24) is 10.2 Å². The molecule has 1 unspecified atom stereocenters. The van der Waals surface area contributed by atoms with Crippen molar-refractivity contribution in [3.8, 4) is 0 Å². The maximum Gasteiger partial charge on any atom is 0.234 e. The summed E-state index contributed by atoms with van der Waals surface area (Å²) in [6, 6.07) is -0.206. The van der Waals surface area contributed by atoms with Gasteiger partial charge >= 0.3 is 0 Å². The summed E-state index contributed by atoms with van der Waals surface area (Å²) in [6.45, 7) is 2.15. The van der Waals surface area contributed by atoms with Gasteiger partial charge < -0.3 is 11.1 Å². The summed E-state index contributed by atoms with van der Waals surface area (Å²) >= 11 is 0. The molecule has 0 spiro atoms. The van der Waals surface area contributed by atoms with Crippen LogP contribution in [0.4, 0.5) is 0 Å². The molecule has 0 saturated carbocycles. The first-order valence-electron chi connectivity index (χ1n) is 5.15. The first kappa shape index (κ1) is 13.9. The number of hydrogen-bond acceptors (Lipinski definition) is 3. The van der Waals surface area contributed by atoms with Crippen molar-refractivity contribution < 1.29 is 9.59 Å². The molecule has 0 aromatic rings. The molecular weight excluding hydrogens is 195 g/mol. The number of carbonyl (C=O) groups is 2. The first-order valence-corrected chi connectivity index (χ1v) is 5.15. The van der Waals surface area contributed by atoms with E-state index in [1.54, 1.807) is 0 Å². The molecule has 0 aromatic carbocycles. The number of unbranched alkanes of at least 4 members (excludes halogenated alkanes) is 1. The average molecular weight is 216 g/mol. The molecular formula is C10H21N3O2. The summed E-state index contributed by atoms with van der Waals surface area (Å²) in [5.41, 5.74) is 5.25. The van der Waals surface area contributed by atoms with Crippen molar-refractivity contribution in [1.29, 1.82) is 0 Å². The molecule has 0 radical (unpaired) electrons. The molecule has 0 aliphatic heterocycles. The summed E-state index contributed by atoms with van der Waals surface area (Å²) in [5, 5.41) is 2.71. The maximum absolute atomic E-state index is 11.0. The van der Waals surface area contributed by atoms with Gasteiger partial charge in [-0.2, -0.15) is 0 Å². The summed E-state index contributed by atoms with van der Waals surface area (Å²) in [6.07, 6.45) is 2.49. The maximum atomic E-state index is 11.0. The minimum atomic E-state index is -0.292. The first-order chi connectivity index (χ1) is 6.95. The van der Waals surface area contributed by atoms with Crippen molar-refractivity contribution in [3.05, 3.63) is 0 Å². The number of nitrogens with zero attached hydrogens (tertiary/aromatic N) is 1. The molecule has 0 aliphatic carbocycles. The Morgan fingerprint density at radius 1 is 1.33 bits per heavy atom. The van der Waals surface area contributed by atoms with E-state index in [0.717, 1.165) is 19.3 Å². The van der Waals surface area contributed by atoms with E-state index in [4.69, 9.17) is 5.73 Å². The zero-order valence-electron chi connectivity index (χ0n) is 9.75. The van der Waals surface area contributed by atoms with Crippen LogP contribution in [0, 0.1) is 0 Å². The second-order valence-corrected chi connectivity index (χ2v) is 3.86. The second-order valence-electron chi connectivity index (χ2n) is 3.86. The van der Waals surface area contributed by atoms with Crippen LogP contribution in [0.25, 0.3) is 0 Å². The van der Waals surface area contributed by atoms with Crippen LogP contribution in [0.5, 0.6) is 0 Å². The monoisotopic (exact) mass is 216 g/mol. The van der Waals surface area contributed by atoms with E-state index >= 15 is 0 Å². The summed E-state index contributed by atoms with van der Waals surface area (Å²) < 4.78 is 0. The Bertz CT molecular complexity index is 217. The largest absolute Gasteiger partial charge is 0.368 e. The third kappa shape index (κ3) is 6.90. The van der Waals surface area contributed by atoms with Crippen LogP contribution in [0.1, 0.15) is 26.2 Å². The van der Waals surface area contributed by atoms with Gasteiger partial charge in [0.05, 0.1) is 6.04 Å². The number of nitrogens with two attached hydrogens (primary N) is 1. The van der Waals surface area contributed by atoms with Gasteiger partial charge in [-0.3, -0.25) is 14.5 Å². The summed E-state index contributed by atoms with van der Waals surface area (Å²) in [7, 11) is 3.67. The lowest BCUT2D eigenvalue weighted by Crippen LogP contribution is -2.40. The van der Waals surface area contributed by atoms with Crippen LogP contribution in [-0.2, 0) is 9.59 Å². The number of nitrogens with one attached hydrogen (secondary N) is 1. The summed E-state index contributed by atoms with van der Waals surface area (Å²) in [5.74, 6) is -0.311. The average Bonchev–Trinajstić information content (AvgIpc) is 2.08. The fraction of sp³-hybridized carbons (Fsp3) is 0.800. The summed E-state index contributed by atoms with van der Waals surface area (Å²) in [4.78, 5) is 23.4. The van der Waals surface area contributed by atoms with Gasteiger partial charge in [0.2, 0.25) is 11.8 Å². The highest BCUT2D eigenvalue weighted by Gasteiger charge is 2.16. The molecule has 5 heteroatoms. The predicted molar refractivity (Wildman–Crippen MR) is 59.2 cm³/mol. The molecule has 5 nitrogen and oxygen atoms in total. The van der Waals surface area contributed by atoms with Crippen LogP contribution in [0.3, 0.4) is 0 Å². The van der Waals surface area contributed by atoms with Crippen LogP contribution in [0.15, 0.2) is 0 Å². The van der Waals surface area contributed by atoms with Gasteiger partial charge in [-0.05, 0) is 33.4 Å². The van der Waals surface area contributed by atoms with Crippen molar-refractivity contribution in [2.45, 2.75) is 32.2 Å². The number of rotatable bonds is 7. The third-order valence-corrected chi connectivity index (χ3v) is 2.23. The highest BCUT2D eigenvalue weighted by molar-refractivity contribution is 5.79. The molecule has 0 bridgehead atoms. The molecule has 1 atom stereocenters. The Kier molecular flexibility index (Phi) is 6.70. The normalized spacial score (nSPS) is 12.5. The quantitative estimate of drug-likeness (QED) is 0.453. The van der Waals surface area contributed by atoms with Gasteiger partial charge in [-0.1, -0.05) is 0 Å². The van der Waals surface area contributed by atoms with Gasteiger partial charge in [-0.25, -0.2) is 0 Å². The Labute approximate surface area is 91.0 Å². The zero-order chi connectivity index (χ0) is 11.8. The standard InChI is InChI=1S/C10H21N3O2/c1-8(14)12-7-5-4-6-9(10(11)15)13(2)3/h9H,4-7H2,1-3H3,(H2,11,15)(H,12,14)/i12+1. The van der Waals surface area contributed by atoms with Crippen molar-refractivity contribution in [3.63, 3.8) is 0 Å². The lowest BCUT2D eigenvalue weighted by Gasteiger charge is -2.20. The lowest BCUT2D eigenvalue weighted by atomic mass is 10.1. The van der Waals surface area contributed by atoms with Crippen LogP contribution < -0.4 is 11.1 Å². The smallest absolute Gasteiger partial charge is 0.234 e. The molecule has 0 aliphatic rings. The third-order valence-electron chi connectivity index (χ3n) is 2.23. The van der Waals surface area contributed by atoms with Crippen molar-refractivity contribution in [2.75, 3.05) is 20.6 Å². The van der Waals surface area contributed by atoms with E-state index in [1.165, 1.54) is 6.92 Å². The highest BCUT2D eigenvalue weighted by Crippen LogP contribution is 2.04. The van der Waals surface area contributed by atoms with E-state index in [1.807, 2.05) is 19.0 Å². The molecule has 15 heavy (non-hydrogen) atoms. The van der Waals surface area contributed by atoms with E-state index in [2.05, 4.69) is 5.32 Å². The van der Waals surface area contributed by atoms with Gasteiger partial charge in [-0.15, -0.1) is 0 Å². The Morgan fingerprint density at radius 2 is 1.93 bits per heavy atom. The fourth-order valence-electron chi connectivity index (χ4n) is 1.38. The minimum absolute atomic E-state index is 0.0194. The minimum Gasteiger partial charge on any atom is -0.368 e. The van der Waals surface area contributed by atoms with Crippen LogP contribution >= 0.6 is 0 Å². The van der Waals surface area contributed by atoms with Crippen LogP contribution in [-0.4, -0.2) is 43.4 Å². The Hall–Kier alpha value is -1.10. The topological polar surface area (TPSA) is 75.4 Å². The Balaban J connectivity index is 3.63. The van der Waals surface area contributed by atoms with E-state index < -0.39 is 0 Å². The zero-order valence-corrected chi connectivity index (χ0v) is 9.75. The second kappa shape index (κ2) is 7.23. The number of likely N-dealkylation sites (N-methyl/N-ethyl adjacent to an activating group) is 1. The van der Waals surface area contributed by atoms with Gasteiger partial charge in [0.1, 0.15) is 0 Å². The number of carbonyl (C=O) groups excluding carboxylic acids is 2. The van der Waals surface area contributed by atoms with E-state index in [9.17, 15) is 9.59 Å². The van der Waals surface area contributed by atoms with Crippen molar-refractivity contribution in [2.24, 2.45) is 5.73 Å². The van der Waals surface area contributed by atoms with E-state index in [0.29, 0.717) is 6.54 Å². The molecule has 0 heterocycles. The van der Waals surface area contributed by atoms with Crippen molar-refractivity contribution >= 4 is 11.8 Å². The van der Waals surface area contributed by atoms with Crippen LogP contribution in [0.2, 0.25) is 0 Å². The number of primary amides is 1. The van der Waals surface area contributed by atoms with Gasteiger partial charge in [0.25, 0.3) is 0 Å². The highest BCUT2D eigenvalue weighted by atomic mass is 16.2. The molecule has 0 saturated heterocycles. The molecule has 0 fully saturated rings. The lowest BCUT2D eigenvalue weighted by molar-refractivity contribution is -0.122. The predicted octanol–water partition coefficient (Wildman–Crippen LogP) is -0.292. The molecule has 2 amide bonds. The number of hydrogen-bond donors (Lipinski definition) is 2. The molecule has 0 rings (SSSR count). The van der Waals surface area contributed by atoms with E-state index in [-0.39, 0.29) is 17.9 Å². The number of amides is 2. The van der Waals surface area contributed by atoms with Gasteiger partial charge in [0.15, 0.2) is 0 Å². The molecule has 0 aromatic heterocycles. The molecule has 88 valence electrons. The fourth-order valence-corrected chi connectivity index (χ4v) is 1.38. The Morgan fingerprint density at radius 3 is 2.33 bits per heavy atom. The molecule has 3 N–H and O–H groups in total.